The van der Waals surface area contributed by atoms with Gasteiger partial charge in [0.05, 0.1) is 24.9 Å². The zero-order valence-electron chi connectivity index (χ0n) is 15.3. The van der Waals surface area contributed by atoms with Crippen molar-refractivity contribution in [3.05, 3.63) is 40.4 Å². The molecule has 0 bridgehead atoms. The molecule has 7 nitrogen and oxygen atoms in total. The molecule has 27 heavy (non-hydrogen) atoms. The molecule has 0 fully saturated rings. The van der Waals surface area contributed by atoms with E-state index in [1.165, 1.54) is 25.4 Å². The minimum absolute atomic E-state index is 0.116. The Hall–Kier alpha value is -2.39. The van der Waals surface area contributed by atoms with Crippen molar-refractivity contribution in [2.75, 3.05) is 23.5 Å². The number of ketones is 1. The molecule has 0 aliphatic heterocycles. The van der Waals surface area contributed by atoms with Gasteiger partial charge in [-0.25, -0.2) is 9.78 Å². The molecular weight excluding hydrogens is 386 g/mol. The number of aromatic nitrogens is 1. The zero-order chi connectivity index (χ0) is 19.8. The Morgan fingerprint density at radius 2 is 2.04 bits per heavy atom. The molecule has 1 aromatic carbocycles. The van der Waals surface area contributed by atoms with Crippen molar-refractivity contribution >= 4 is 51.7 Å². The van der Waals surface area contributed by atoms with Crippen molar-refractivity contribution in [3.8, 4) is 0 Å². The number of anilines is 2. The molecule has 0 aliphatic carbocycles. The number of esters is 1. The van der Waals surface area contributed by atoms with E-state index in [-0.39, 0.29) is 11.8 Å². The third-order valence-electron chi connectivity index (χ3n) is 3.50. The van der Waals surface area contributed by atoms with Gasteiger partial charge < -0.3 is 10.1 Å². The van der Waals surface area contributed by atoms with Gasteiger partial charge in [0, 0.05) is 22.4 Å². The quantitative estimate of drug-likeness (QED) is 0.388. The lowest BCUT2D eigenvalue weighted by atomic mass is 10.1. The second kappa shape index (κ2) is 10.1. The summed E-state index contributed by atoms with van der Waals surface area (Å²) in [5, 5.41) is 7.68. The Balaban J connectivity index is 1.87. The largest absolute Gasteiger partial charge is 0.469 e. The van der Waals surface area contributed by atoms with Crippen LogP contribution in [0.1, 0.15) is 35.0 Å². The van der Waals surface area contributed by atoms with Gasteiger partial charge in [0.1, 0.15) is 0 Å². The molecule has 0 aliphatic rings. The molecular formula is C18H21N3O4S2. The molecule has 9 heteroatoms. The van der Waals surface area contributed by atoms with E-state index >= 15 is 0 Å². The number of Topliss-reactive ketones (excluding diaryl/α,β-unsaturated/α-hetero) is 1. The average molecular weight is 408 g/mol. The summed E-state index contributed by atoms with van der Waals surface area (Å²) in [6.45, 7) is 3.35. The first kappa shape index (κ1) is 20.9. The number of carbonyl (C=O) groups excluding carboxylic acids is 3. The van der Waals surface area contributed by atoms with Gasteiger partial charge in [-0.2, -0.15) is 11.8 Å². The molecule has 0 atom stereocenters. The zero-order valence-corrected chi connectivity index (χ0v) is 17.0. The normalized spacial score (nSPS) is 10.3. The molecule has 2 aromatic rings. The Morgan fingerprint density at radius 1 is 1.26 bits per heavy atom. The Kier molecular flexibility index (Phi) is 7.81. The van der Waals surface area contributed by atoms with Crippen molar-refractivity contribution in [2.24, 2.45) is 0 Å². The number of rotatable bonds is 8. The first-order valence-electron chi connectivity index (χ1n) is 8.17. The standard InChI is InChI=1S/C18H21N3O4S2/c1-11-4-5-15(14(8-11)12(2)22)20-17(24)21-18-19-13(10-27-18)9-26-7-6-16(23)25-3/h4-5,8,10H,6-7,9H2,1-3H3,(H2,19,20,21,24). The van der Waals surface area contributed by atoms with E-state index in [1.807, 2.05) is 18.4 Å². The van der Waals surface area contributed by atoms with Gasteiger partial charge in [-0.15, -0.1) is 11.3 Å². The van der Waals surface area contributed by atoms with Gasteiger partial charge in [0.2, 0.25) is 0 Å². The van der Waals surface area contributed by atoms with E-state index in [2.05, 4.69) is 20.4 Å². The number of methoxy groups -OCH3 is 1. The van der Waals surface area contributed by atoms with Crippen LogP contribution in [0.2, 0.25) is 0 Å². The van der Waals surface area contributed by atoms with Gasteiger partial charge in [-0.05, 0) is 26.0 Å². The number of nitrogens with zero attached hydrogens (tertiary/aromatic N) is 1. The smallest absolute Gasteiger partial charge is 0.325 e. The SMILES string of the molecule is COC(=O)CCSCc1csc(NC(=O)Nc2ccc(C)cc2C(C)=O)n1. The molecule has 2 amide bonds. The number of amides is 2. The summed E-state index contributed by atoms with van der Waals surface area (Å²) in [4.78, 5) is 39.3. The Labute approximate surface area is 165 Å². The number of benzene rings is 1. The summed E-state index contributed by atoms with van der Waals surface area (Å²) in [5.74, 6) is 0.938. The van der Waals surface area contributed by atoms with Crippen molar-refractivity contribution < 1.29 is 19.1 Å². The summed E-state index contributed by atoms with van der Waals surface area (Å²) in [6, 6.07) is 4.82. The van der Waals surface area contributed by atoms with Gasteiger partial charge in [0.15, 0.2) is 10.9 Å². The molecule has 2 N–H and O–H groups in total. The van der Waals surface area contributed by atoms with Crippen LogP contribution in [0.3, 0.4) is 0 Å². The highest BCUT2D eigenvalue weighted by Crippen LogP contribution is 2.22. The fourth-order valence-corrected chi connectivity index (χ4v) is 3.80. The maximum Gasteiger partial charge on any atom is 0.325 e. The number of aryl methyl sites for hydroxylation is 1. The highest BCUT2D eigenvalue weighted by Gasteiger charge is 2.12. The number of thioether (sulfide) groups is 1. The van der Waals surface area contributed by atoms with Crippen LogP contribution in [-0.2, 0) is 15.3 Å². The number of nitrogens with one attached hydrogen (secondary N) is 2. The second-order valence-electron chi connectivity index (χ2n) is 5.71. The number of hydrogen-bond acceptors (Lipinski definition) is 7. The Morgan fingerprint density at radius 3 is 2.74 bits per heavy atom. The van der Waals surface area contributed by atoms with Gasteiger partial charge in [-0.1, -0.05) is 11.6 Å². The minimum atomic E-state index is -0.458. The van der Waals surface area contributed by atoms with E-state index in [9.17, 15) is 14.4 Å². The fraction of sp³-hybridized carbons (Fsp3) is 0.333. The van der Waals surface area contributed by atoms with Gasteiger partial charge >= 0.3 is 12.0 Å². The van der Waals surface area contributed by atoms with E-state index in [0.29, 0.717) is 34.3 Å². The second-order valence-corrected chi connectivity index (χ2v) is 7.67. The summed E-state index contributed by atoms with van der Waals surface area (Å²) in [5.41, 5.74) is 2.69. The first-order valence-corrected chi connectivity index (χ1v) is 10.2. The first-order chi connectivity index (χ1) is 12.9. The van der Waals surface area contributed by atoms with Crippen LogP contribution in [0.15, 0.2) is 23.6 Å². The topological polar surface area (TPSA) is 97.4 Å². The maximum atomic E-state index is 12.2. The fourth-order valence-electron chi connectivity index (χ4n) is 2.17. The lowest BCUT2D eigenvalue weighted by Crippen LogP contribution is -2.20. The van der Waals surface area contributed by atoms with Crippen LogP contribution in [0, 0.1) is 6.92 Å². The molecule has 0 saturated carbocycles. The van der Waals surface area contributed by atoms with Gasteiger partial charge in [-0.3, -0.25) is 14.9 Å². The van der Waals surface area contributed by atoms with E-state index in [4.69, 9.17) is 0 Å². The molecule has 1 heterocycles. The highest BCUT2D eigenvalue weighted by molar-refractivity contribution is 7.98. The average Bonchev–Trinajstić information content (AvgIpc) is 3.06. The van der Waals surface area contributed by atoms with Crippen molar-refractivity contribution in [3.63, 3.8) is 0 Å². The predicted octanol–water partition coefficient (Wildman–Crippen LogP) is 4.09. The maximum absolute atomic E-state index is 12.2. The van der Waals surface area contributed by atoms with Crippen molar-refractivity contribution in [1.82, 2.24) is 4.98 Å². The summed E-state index contributed by atoms with van der Waals surface area (Å²) in [6.07, 6.45) is 0.355. The molecule has 2 rings (SSSR count). The lowest BCUT2D eigenvalue weighted by molar-refractivity contribution is -0.140. The lowest BCUT2D eigenvalue weighted by Gasteiger charge is -2.10. The van der Waals surface area contributed by atoms with E-state index in [0.717, 1.165) is 11.3 Å². The van der Waals surface area contributed by atoms with Crippen LogP contribution in [0.25, 0.3) is 0 Å². The van der Waals surface area contributed by atoms with Crippen molar-refractivity contribution in [1.29, 1.82) is 0 Å². The monoisotopic (exact) mass is 407 g/mol. The van der Waals surface area contributed by atoms with Crippen LogP contribution in [0.4, 0.5) is 15.6 Å². The summed E-state index contributed by atoms with van der Waals surface area (Å²) < 4.78 is 4.59. The molecule has 144 valence electrons. The highest BCUT2D eigenvalue weighted by atomic mass is 32.2. The third-order valence-corrected chi connectivity index (χ3v) is 5.30. The van der Waals surface area contributed by atoms with E-state index < -0.39 is 6.03 Å². The number of urea groups is 1. The van der Waals surface area contributed by atoms with Crippen molar-refractivity contribution in [2.45, 2.75) is 26.0 Å². The van der Waals surface area contributed by atoms with Crippen LogP contribution in [0.5, 0.6) is 0 Å². The van der Waals surface area contributed by atoms with Gasteiger partial charge in [0.25, 0.3) is 0 Å². The van der Waals surface area contributed by atoms with Crippen LogP contribution in [-0.4, -0.2) is 35.6 Å². The predicted molar refractivity (Wildman–Crippen MR) is 109 cm³/mol. The molecule has 1 aromatic heterocycles. The van der Waals surface area contributed by atoms with Crippen LogP contribution < -0.4 is 10.6 Å². The van der Waals surface area contributed by atoms with E-state index in [1.54, 1.807) is 23.9 Å². The molecule has 0 spiro atoms. The number of carbonyl (C=O) groups is 3. The van der Waals surface area contributed by atoms with Crippen LogP contribution >= 0.6 is 23.1 Å². The minimum Gasteiger partial charge on any atom is -0.469 e. The third kappa shape index (κ3) is 6.69. The molecule has 0 radical (unpaired) electrons. The Bertz CT molecular complexity index is 836. The summed E-state index contributed by atoms with van der Waals surface area (Å²) in [7, 11) is 1.37. The molecule has 0 saturated heterocycles. The molecule has 0 unspecified atom stereocenters. The number of hydrogen-bond donors (Lipinski definition) is 2. The number of ether oxygens (including phenoxy) is 1. The summed E-state index contributed by atoms with van der Waals surface area (Å²) >= 11 is 2.88. The number of thiazole rings is 1.